The molecular formula is C10H16BrNO2S. The predicted molar refractivity (Wildman–Crippen MR) is 66.3 cm³/mol. The molecule has 0 saturated heterocycles. The van der Waals surface area contributed by atoms with Gasteiger partial charge in [0.1, 0.15) is 0 Å². The molecule has 0 radical (unpaired) electrons. The highest BCUT2D eigenvalue weighted by molar-refractivity contribution is 9.10. The molecule has 0 aliphatic carbocycles. The van der Waals surface area contributed by atoms with Crippen LogP contribution in [0.3, 0.4) is 0 Å². The lowest BCUT2D eigenvalue weighted by atomic mass is 10.4. The molecule has 1 N–H and O–H groups in total. The molecule has 0 spiro atoms. The Morgan fingerprint density at radius 2 is 2.33 bits per heavy atom. The molecular weight excluding hydrogens is 278 g/mol. The third-order valence-electron chi connectivity index (χ3n) is 1.90. The van der Waals surface area contributed by atoms with Crippen molar-refractivity contribution < 1.29 is 9.84 Å². The van der Waals surface area contributed by atoms with Gasteiger partial charge in [-0.25, -0.2) is 0 Å². The number of hydrogen-bond acceptors (Lipinski definition) is 4. The van der Waals surface area contributed by atoms with Gasteiger partial charge in [-0.3, -0.25) is 4.90 Å². The molecule has 15 heavy (non-hydrogen) atoms. The fraction of sp³-hybridized carbons (Fsp3) is 0.600. The van der Waals surface area contributed by atoms with Crippen molar-refractivity contribution in [2.24, 2.45) is 0 Å². The summed E-state index contributed by atoms with van der Waals surface area (Å²) in [7, 11) is 2.07. The molecule has 1 aromatic rings. The summed E-state index contributed by atoms with van der Waals surface area (Å²) in [6.07, 6.45) is 0. The van der Waals surface area contributed by atoms with Gasteiger partial charge in [0.05, 0.1) is 19.8 Å². The number of rotatable bonds is 7. The van der Waals surface area contributed by atoms with Crippen molar-refractivity contribution in [1.82, 2.24) is 4.90 Å². The van der Waals surface area contributed by atoms with Crippen LogP contribution in [0, 0.1) is 0 Å². The molecule has 0 saturated carbocycles. The van der Waals surface area contributed by atoms with Crippen LogP contribution in [0.1, 0.15) is 4.88 Å². The minimum atomic E-state index is 0.0988. The molecule has 0 atom stereocenters. The van der Waals surface area contributed by atoms with E-state index in [1.165, 1.54) is 4.88 Å². The largest absolute Gasteiger partial charge is 0.394 e. The van der Waals surface area contributed by atoms with Gasteiger partial charge in [-0.1, -0.05) is 0 Å². The topological polar surface area (TPSA) is 32.7 Å². The first-order valence-electron chi connectivity index (χ1n) is 4.82. The highest BCUT2D eigenvalue weighted by Gasteiger charge is 2.02. The van der Waals surface area contributed by atoms with Crippen molar-refractivity contribution in [1.29, 1.82) is 0 Å². The minimum absolute atomic E-state index is 0.0988. The van der Waals surface area contributed by atoms with Gasteiger partial charge in [0.2, 0.25) is 0 Å². The molecule has 86 valence electrons. The van der Waals surface area contributed by atoms with Crippen molar-refractivity contribution in [3.05, 3.63) is 20.8 Å². The van der Waals surface area contributed by atoms with Gasteiger partial charge in [-0.2, -0.15) is 0 Å². The third kappa shape index (κ3) is 5.63. The third-order valence-corrected chi connectivity index (χ3v) is 3.58. The van der Waals surface area contributed by atoms with E-state index in [0.29, 0.717) is 13.2 Å². The maximum Gasteiger partial charge on any atom is 0.0698 e. The zero-order chi connectivity index (χ0) is 11.1. The van der Waals surface area contributed by atoms with Crippen molar-refractivity contribution in [3.8, 4) is 0 Å². The van der Waals surface area contributed by atoms with Crippen LogP contribution in [0.2, 0.25) is 0 Å². The number of likely N-dealkylation sites (N-methyl/N-ethyl adjacent to an activating group) is 1. The van der Waals surface area contributed by atoms with E-state index in [1.54, 1.807) is 11.3 Å². The summed E-state index contributed by atoms with van der Waals surface area (Å²) < 4.78 is 6.34. The van der Waals surface area contributed by atoms with Crippen molar-refractivity contribution in [2.75, 3.05) is 33.4 Å². The Bertz CT molecular complexity index is 280. The zero-order valence-corrected chi connectivity index (χ0v) is 11.2. The SMILES string of the molecule is CN(CCOCCO)Cc1cc(Br)cs1. The maximum absolute atomic E-state index is 8.53. The van der Waals surface area contributed by atoms with Crippen LogP contribution in [0.25, 0.3) is 0 Å². The predicted octanol–water partition coefficient (Wildman–Crippen LogP) is 1.95. The van der Waals surface area contributed by atoms with E-state index in [9.17, 15) is 0 Å². The first-order valence-corrected chi connectivity index (χ1v) is 6.49. The molecule has 5 heteroatoms. The van der Waals surface area contributed by atoms with E-state index in [-0.39, 0.29) is 6.61 Å². The first kappa shape index (κ1) is 13.1. The van der Waals surface area contributed by atoms with Crippen LogP contribution in [0.4, 0.5) is 0 Å². The maximum atomic E-state index is 8.53. The fourth-order valence-corrected chi connectivity index (χ4v) is 2.70. The number of aliphatic hydroxyl groups is 1. The molecule has 0 bridgehead atoms. The molecule has 0 aliphatic heterocycles. The van der Waals surface area contributed by atoms with Crippen LogP contribution in [-0.4, -0.2) is 43.4 Å². The van der Waals surface area contributed by atoms with Crippen molar-refractivity contribution in [3.63, 3.8) is 0 Å². The van der Waals surface area contributed by atoms with Gasteiger partial charge in [-0.05, 0) is 29.0 Å². The van der Waals surface area contributed by atoms with Gasteiger partial charge in [0, 0.05) is 27.8 Å². The Kier molecular flexibility index (Phi) is 6.43. The number of nitrogens with zero attached hydrogens (tertiary/aromatic N) is 1. The molecule has 0 aromatic carbocycles. The summed E-state index contributed by atoms with van der Waals surface area (Å²) in [5.41, 5.74) is 0. The van der Waals surface area contributed by atoms with Crippen LogP contribution >= 0.6 is 27.3 Å². The second kappa shape index (κ2) is 7.35. The number of hydrogen-bond donors (Lipinski definition) is 1. The van der Waals surface area contributed by atoms with Crippen LogP contribution in [0.15, 0.2) is 15.9 Å². The van der Waals surface area contributed by atoms with E-state index in [1.807, 2.05) is 0 Å². The normalized spacial score (nSPS) is 11.2. The number of halogens is 1. The summed E-state index contributed by atoms with van der Waals surface area (Å²) in [6.45, 7) is 3.03. The van der Waals surface area contributed by atoms with Gasteiger partial charge in [-0.15, -0.1) is 11.3 Å². The molecule has 3 nitrogen and oxygen atoms in total. The first-order chi connectivity index (χ1) is 7.22. The Hall–Kier alpha value is 0.0600. The second-order valence-corrected chi connectivity index (χ2v) is 5.22. The molecule has 1 rings (SSSR count). The molecule has 0 unspecified atom stereocenters. The fourth-order valence-electron chi connectivity index (χ4n) is 1.17. The Morgan fingerprint density at radius 3 is 2.93 bits per heavy atom. The van der Waals surface area contributed by atoms with Crippen molar-refractivity contribution >= 4 is 27.3 Å². The number of aliphatic hydroxyl groups excluding tert-OH is 1. The molecule has 1 aromatic heterocycles. The van der Waals surface area contributed by atoms with Gasteiger partial charge < -0.3 is 9.84 Å². The summed E-state index contributed by atoms with van der Waals surface area (Å²) in [5, 5.41) is 10.6. The zero-order valence-electron chi connectivity index (χ0n) is 8.78. The van der Waals surface area contributed by atoms with E-state index in [4.69, 9.17) is 9.84 Å². The quantitative estimate of drug-likeness (QED) is 0.780. The molecule has 0 amide bonds. The van der Waals surface area contributed by atoms with Crippen LogP contribution < -0.4 is 0 Å². The lowest BCUT2D eigenvalue weighted by molar-refractivity contribution is 0.0774. The average Bonchev–Trinajstić information content (AvgIpc) is 2.59. The summed E-state index contributed by atoms with van der Waals surface area (Å²) in [5.74, 6) is 0. The average molecular weight is 294 g/mol. The standard InChI is InChI=1S/C10H16BrNO2S/c1-12(2-4-14-5-3-13)7-10-6-9(11)8-15-10/h6,8,13H,2-5,7H2,1H3. The van der Waals surface area contributed by atoms with Crippen LogP contribution in [-0.2, 0) is 11.3 Å². The van der Waals surface area contributed by atoms with Crippen LogP contribution in [0.5, 0.6) is 0 Å². The smallest absolute Gasteiger partial charge is 0.0698 e. The monoisotopic (exact) mass is 293 g/mol. The van der Waals surface area contributed by atoms with E-state index in [2.05, 4.69) is 39.3 Å². The molecule has 0 fully saturated rings. The second-order valence-electron chi connectivity index (χ2n) is 3.30. The van der Waals surface area contributed by atoms with E-state index in [0.717, 1.165) is 17.6 Å². The number of thiophene rings is 1. The summed E-state index contributed by atoms with van der Waals surface area (Å²) in [6, 6.07) is 2.13. The van der Waals surface area contributed by atoms with Gasteiger partial charge in [0.15, 0.2) is 0 Å². The Balaban J connectivity index is 2.15. The highest BCUT2D eigenvalue weighted by Crippen LogP contribution is 2.20. The van der Waals surface area contributed by atoms with Gasteiger partial charge >= 0.3 is 0 Å². The molecule has 1 heterocycles. The minimum Gasteiger partial charge on any atom is -0.394 e. The Morgan fingerprint density at radius 1 is 1.53 bits per heavy atom. The summed E-state index contributed by atoms with van der Waals surface area (Å²) in [4.78, 5) is 3.54. The van der Waals surface area contributed by atoms with Gasteiger partial charge in [0.25, 0.3) is 0 Å². The Labute approximate surface area is 103 Å². The lowest BCUT2D eigenvalue weighted by Gasteiger charge is -2.15. The molecule has 0 aliphatic rings. The number of ether oxygens (including phenoxy) is 1. The highest BCUT2D eigenvalue weighted by atomic mass is 79.9. The summed E-state index contributed by atoms with van der Waals surface area (Å²) >= 11 is 5.19. The van der Waals surface area contributed by atoms with E-state index >= 15 is 0 Å². The van der Waals surface area contributed by atoms with Crippen molar-refractivity contribution in [2.45, 2.75) is 6.54 Å². The lowest BCUT2D eigenvalue weighted by Crippen LogP contribution is -2.22. The van der Waals surface area contributed by atoms with E-state index < -0.39 is 0 Å².